The fraction of sp³-hybridized carbons (Fsp3) is 0.314. The summed E-state index contributed by atoms with van der Waals surface area (Å²) in [4.78, 5) is 25.3. The normalized spacial score (nSPS) is 13.2. The first-order valence-electron chi connectivity index (χ1n) is 14.6. The van der Waals surface area contributed by atoms with Gasteiger partial charge in [-0.25, -0.2) is 4.39 Å². The molecule has 3 aromatic carbocycles. The van der Waals surface area contributed by atoms with Crippen LogP contribution in [0.25, 0.3) is 22.3 Å². The maximum atomic E-state index is 14.3. The molecule has 4 aromatic rings. The molecule has 4 rings (SSSR count). The zero-order chi connectivity index (χ0) is 31.1. The van der Waals surface area contributed by atoms with Crippen LogP contribution in [0.3, 0.4) is 0 Å². The summed E-state index contributed by atoms with van der Waals surface area (Å²) in [5, 5.41) is 33.1. The molecule has 9 heteroatoms. The molecule has 44 heavy (non-hydrogen) atoms. The monoisotopic (exact) mass is 610 g/mol. The average molecular weight is 611 g/mol. The molecule has 0 saturated heterocycles. The third-order valence-electron chi connectivity index (χ3n) is 7.55. The van der Waals surface area contributed by atoms with Crippen molar-refractivity contribution in [3.63, 3.8) is 0 Å². The number of aromatic nitrogens is 1. The van der Waals surface area contributed by atoms with Crippen molar-refractivity contribution in [3.05, 3.63) is 108 Å². The molecular weight excluding hydrogens is 570 g/mol. The molecule has 0 saturated carbocycles. The Hall–Kier alpha value is -3.27. The number of hydrogen-bond donors (Lipinski definition) is 4. The number of hydrogen-bond acceptors (Lipinski definition) is 4. The van der Waals surface area contributed by atoms with Crippen molar-refractivity contribution in [2.45, 2.75) is 70.7 Å². The van der Waals surface area contributed by atoms with Crippen LogP contribution in [0.4, 0.5) is 4.39 Å². The molecule has 3 atom stereocenters. The number of benzene rings is 3. The Kier molecular flexibility index (Phi) is 12.9. The Morgan fingerprint density at radius 2 is 1.39 bits per heavy atom. The van der Waals surface area contributed by atoms with Crippen LogP contribution >= 0.6 is 0 Å². The van der Waals surface area contributed by atoms with Crippen LogP contribution in [0.1, 0.15) is 73.9 Å². The molecule has 0 aliphatic heterocycles. The fourth-order valence-corrected chi connectivity index (χ4v) is 5.60. The van der Waals surface area contributed by atoms with Gasteiger partial charge in [0.1, 0.15) is 11.5 Å². The van der Waals surface area contributed by atoms with Gasteiger partial charge in [-0.1, -0.05) is 72.8 Å². The fourth-order valence-electron chi connectivity index (χ4n) is 5.60. The molecule has 4 N–H and O–H groups in total. The zero-order valence-corrected chi connectivity index (χ0v) is 24.7. The van der Waals surface area contributed by atoms with Crippen LogP contribution in [0.5, 0.6) is 0 Å². The quantitative estimate of drug-likeness (QED) is 0.141. The second kappa shape index (κ2) is 16.2. The molecule has 0 aliphatic rings. The number of rotatable bonds is 13. The summed E-state index contributed by atoms with van der Waals surface area (Å²) < 4.78 is 16.1. The van der Waals surface area contributed by atoms with Crippen LogP contribution in [0.2, 0.25) is 0 Å². The van der Waals surface area contributed by atoms with E-state index in [1.807, 2.05) is 86.0 Å². The molecule has 0 aliphatic carbocycles. The van der Waals surface area contributed by atoms with Crippen molar-refractivity contribution in [2.24, 2.45) is 0 Å². The van der Waals surface area contributed by atoms with E-state index in [0.717, 1.165) is 27.9 Å². The Labute approximate surface area is 280 Å². The van der Waals surface area contributed by atoms with Crippen molar-refractivity contribution < 1.29 is 29.3 Å². The number of carboxylic acid groups (broad SMARTS) is 1. The number of carbonyl (C=O) groups is 2. The van der Waals surface area contributed by atoms with Gasteiger partial charge in [0.2, 0.25) is 0 Å². The van der Waals surface area contributed by atoms with Crippen LogP contribution in [-0.2, 0) is 11.2 Å². The minimum absolute atomic E-state index is 0. The second-order valence-electron chi connectivity index (χ2n) is 11.2. The zero-order valence-electron chi connectivity index (χ0n) is 24.7. The Balaban J connectivity index is 0.00000529. The third kappa shape index (κ3) is 8.67. The first-order chi connectivity index (χ1) is 20.6. The molecule has 228 valence electrons. The van der Waals surface area contributed by atoms with Crippen LogP contribution in [-0.4, -0.2) is 73.5 Å². The molecule has 1 amide bonds. The summed E-state index contributed by atoms with van der Waals surface area (Å²) >= 11 is 0. The van der Waals surface area contributed by atoms with E-state index < -0.39 is 24.6 Å². The second-order valence-corrected chi connectivity index (χ2v) is 11.2. The topological polar surface area (TPSA) is 112 Å². The molecule has 0 radical (unpaired) electrons. The van der Waals surface area contributed by atoms with Gasteiger partial charge in [-0.2, -0.15) is 0 Å². The molecule has 0 bridgehead atoms. The summed E-state index contributed by atoms with van der Waals surface area (Å²) in [5.74, 6) is -1.79. The molecular formula is C35H40FN2NaO5. The number of aliphatic hydroxyl groups excluding tert-OH is 2. The number of nitrogens with one attached hydrogen (secondary N) is 1. The maximum absolute atomic E-state index is 14.3. The number of aliphatic hydroxyl groups is 2. The van der Waals surface area contributed by atoms with Gasteiger partial charge in [-0.05, 0) is 68.9 Å². The van der Waals surface area contributed by atoms with Gasteiger partial charge in [-0.15, -0.1) is 0 Å². The molecule has 1 aromatic heterocycles. The predicted molar refractivity (Wildman–Crippen MR) is 172 cm³/mol. The van der Waals surface area contributed by atoms with Crippen LogP contribution < -0.4 is 5.32 Å². The van der Waals surface area contributed by atoms with E-state index in [1.165, 1.54) is 12.1 Å². The standard InChI is InChI=1S/C35H39FN2O5.Na.H/c1-22(2)38-30(19-18-28(39)20-29(40)21-31(41)42)32(26-14-16-27(36)17-15-26)33(25-12-8-5-9-13-25)34(38)35(43)37-23(3)24-10-6-4-7-11-24;;/h4-17,22-23,28-29,39-40H,18-21H2,1-3H3,(H,37,43)(H,41,42);;/t23-,28+,29+;;/m0../s1. The van der Waals surface area contributed by atoms with Gasteiger partial charge in [0.25, 0.3) is 5.91 Å². The van der Waals surface area contributed by atoms with Crippen molar-refractivity contribution >= 4 is 41.4 Å². The van der Waals surface area contributed by atoms with Crippen molar-refractivity contribution in [3.8, 4) is 22.3 Å². The van der Waals surface area contributed by atoms with Gasteiger partial charge >= 0.3 is 35.5 Å². The minimum atomic E-state index is -1.18. The van der Waals surface area contributed by atoms with Crippen molar-refractivity contribution in [1.29, 1.82) is 0 Å². The predicted octanol–water partition coefficient (Wildman–Crippen LogP) is 5.90. The summed E-state index contributed by atoms with van der Waals surface area (Å²) in [6.07, 6.45) is -2.15. The van der Waals surface area contributed by atoms with E-state index in [9.17, 15) is 24.2 Å². The first kappa shape index (κ1) is 35.2. The Morgan fingerprint density at radius 3 is 1.95 bits per heavy atom. The Bertz CT molecular complexity index is 1520. The van der Waals surface area contributed by atoms with Gasteiger partial charge in [0, 0.05) is 22.9 Å². The Morgan fingerprint density at radius 1 is 0.818 bits per heavy atom. The van der Waals surface area contributed by atoms with Gasteiger partial charge < -0.3 is 25.2 Å². The number of amides is 1. The van der Waals surface area contributed by atoms with E-state index in [1.54, 1.807) is 12.1 Å². The molecule has 0 unspecified atom stereocenters. The molecule has 7 nitrogen and oxygen atoms in total. The van der Waals surface area contributed by atoms with Gasteiger partial charge in [-0.3, -0.25) is 9.59 Å². The first-order valence-corrected chi connectivity index (χ1v) is 14.6. The van der Waals surface area contributed by atoms with Crippen molar-refractivity contribution in [1.82, 2.24) is 9.88 Å². The molecule has 0 spiro atoms. The molecule has 0 fully saturated rings. The van der Waals surface area contributed by atoms with Crippen LogP contribution in [0.15, 0.2) is 84.9 Å². The summed E-state index contributed by atoms with van der Waals surface area (Å²) in [6.45, 7) is 5.90. The van der Waals surface area contributed by atoms with Gasteiger partial charge in [0.05, 0.1) is 24.7 Å². The molecule has 1 heterocycles. The van der Waals surface area contributed by atoms with Crippen molar-refractivity contribution in [2.75, 3.05) is 0 Å². The third-order valence-corrected chi connectivity index (χ3v) is 7.55. The summed E-state index contributed by atoms with van der Waals surface area (Å²) in [6, 6.07) is 25.0. The van der Waals surface area contributed by atoms with Gasteiger partial charge in [0.15, 0.2) is 0 Å². The van der Waals surface area contributed by atoms with E-state index in [4.69, 9.17) is 5.11 Å². The average Bonchev–Trinajstić information content (AvgIpc) is 3.32. The van der Waals surface area contributed by atoms with E-state index in [-0.39, 0.29) is 66.2 Å². The number of carboxylic acids is 1. The number of halogens is 1. The number of carbonyl (C=O) groups excluding carboxylic acids is 1. The summed E-state index contributed by atoms with van der Waals surface area (Å²) in [7, 11) is 0. The number of aliphatic carboxylic acids is 1. The van der Waals surface area contributed by atoms with E-state index in [0.29, 0.717) is 17.7 Å². The van der Waals surface area contributed by atoms with Crippen LogP contribution in [0, 0.1) is 5.82 Å². The summed E-state index contributed by atoms with van der Waals surface area (Å²) in [5.41, 5.74) is 5.20. The van der Waals surface area contributed by atoms with E-state index in [2.05, 4.69) is 5.32 Å². The number of nitrogens with zero attached hydrogens (tertiary/aromatic N) is 1. The van der Waals surface area contributed by atoms with E-state index >= 15 is 0 Å². The SMILES string of the molecule is CC(C)n1c(CC[C@@H](O)C[C@@H](O)CC(=O)O)c(-c2ccc(F)cc2)c(-c2ccccc2)c1C(=O)N[C@@H](C)c1ccccc1.[NaH].